The number of rotatable bonds is 4. The molecule has 0 aliphatic rings. The van der Waals surface area contributed by atoms with E-state index in [0.29, 0.717) is 10.6 Å². The molecule has 3 aromatic rings. The van der Waals surface area contributed by atoms with Crippen molar-refractivity contribution in [1.82, 2.24) is 4.98 Å². The molecule has 3 nitrogen and oxygen atoms in total. The van der Waals surface area contributed by atoms with Crippen molar-refractivity contribution in [1.29, 1.82) is 5.26 Å². The fraction of sp³-hybridized carbons (Fsp3) is 0. The molecule has 0 radical (unpaired) electrons. The first kappa shape index (κ1) is 15.1. The van der Waals surface area contributed by atoms with Crippen LogP contribution in [0.25, 0.3) is 11.3 Å². The summed E-state index contributed by atoms with van der Waals surface area (Å²) in [5, 5.41) is 8.71. The molecule has 114 valence electrons. The number of nitrogens with zero attached hydrogens (tertiary/aromatic N) is 1. The van der Waals surface area contributed by atoms with E-state index in [0.717, 1.165) is 23.6 Å². The van der Waals surface area contributed by atoms with Crippen LogP contribution in [0.2, 0.25) is 0 Å². The molecular formula is C17H11F2N3S. The lowest BCUT2D eigenvalue weighted by Crippen LogP contribution is -1.92. The fourth-order valence-corrected chi connectivity index (χ4v) is 2.74. The summed E-state index contributed by atoms with van der Waals surface area (Å²) in [6, 6.07) is 16.9. The maximum atomic E-state index is 14.0. The molecule has 0 saturated heterocycles. The minimum absolute atomic E-state index is 0.191. The van der Waals surface area contributed by atoms with E-state index in [1.165, 1.54) is 12.1 Å². The minimum atomic E-state index is -0.559. The van der Waals surface area contributed by atoms with Crippen molar-refractivity contribution < 1.29 is 8.78 Å². The molecule has 0 spiro atoms. The van der Waals surface area contributed by atoms with E-state index in [1.807, 2.05) is 36.4 Å². The van der Waals surface area contributed by atoms with Gasteiger partial charge in [0.15, 0.2) is 0 Å². The van der Waals surface area contributed by atoms with Gasteiger partial charge in [0.2, 0.25) is 5.95 Å². The van der Waals surface area contributed by atoms with E-state index in [-0.39, 0.29) is 11.3 Å². The minimum Gasteiger partial charge on any atom is -0.330 e. The lowest BCUT2D eigenvalue weighted by molar-refractivity contribution is 0.569. The van der Waals surface area contributed by atoms with Gasteiger partial charge in [0.25, 0.3) is 0 Å². The second-order valence-corrected chi connectivity index (χ2v) is 5.59. The fourth-order valence-electron chi connectivity index (χ4n) is 2.04. The highest BCUT2D eigenvalue weighted by Crippen LogP contribution is 2.29. The van der Waals surface area contributed by atoms with E-state index in [2.05, 4.69) is 9.71 Å². The largest absolute Gasteiger partial charge is 0.330 e. The highest BCUT2D eigenvalue weighted by atomic mass is 32.2. The van der Waals surface area contributed by atoms with Crippen molar-refractivity contribution in [3.05, 3.63) is 71.9 Å². The second kappa shape index (κ2) is 6.55. The monoisotopic (exact) mass is 327 g/mol. The highest BCUT2D eigenvalue weighted by Gasteiger charge is 2.11. The summed E-state index contributed by atoms with van der Waals surface area (Å²) in [6.07, 6.45) is 0. The number of H-pyrrole nitrogens is 1. The topological polar surface area (TPSA) is 51.6 Å². The van der Waals surface area contributed by atoms with Crippen LogP contribution in [-0.2, 0) is 0 Å². The van der Waals surface area contributed by atoms with Gasteiger partial charge in [-0.1, -0.05) is 30.3 Å². The average Bonchev–Trinajstić information content (AvgIpc) is 2.95. The standard InChI is InChI=1S/C17H11F2N3S/c18-13-8-11(10-20)6-7-14(13)22-23-16-9-15(21-17(16)19)12-4-2-1-3-5-12/h1-9,21-22H. The van der Waals surface area contributed by atoms with Crippen LogP contribution < -0.4 is 4.72 Å². The molecule has 0 atom stereocenters. The van der Waals surface area contributed by atoms with Gasteiger partial charge in [0.05, 0.1) is 22.2 Å². The van der Waals surface area contributed by atoms with E-state index in [4.69, 9.17) is 5.26 Å². The smallest absolute Gasteiger partial charge is 0.207 e. The number of aromatic amines is 1. The first-order chi connectivity index (χ1) is 11.2. The van der Waals surface area contributed by atoms with Gasteiger partial charge in [-0.3, -0.25) is 0 Å². The number of nitrogens with one attached hydrogen (secondary N) is 2. The normalized spacial score (nSPS) is 10.3. The maximum absolute atomic E-state index is 14.0. The number of nitriles is 1. The molecular weight excluding hydrogens is 316 g/mol. The third-order valence-corrected chi connectivity index (χ3v) is 4.03. The molecule has 0 fully saturated rings. The Balaban J connectivity index is 1.77. The Labute approximate surface area is 136 Å². The SMILES string of the molecule is N#Cc1ccc(NSc2cc(-c3ccccc3)[nH]c2F)c(F)c1. The summed E-state index contributed by atoms with van der Waals surface area (Å²) in [6.45, 7) is 0. The van der Waals surface area contributed by atoms with E-state index < -0.39 is 11.8 Å². The Bertz CT molecular complexity index is 869. The zero-order valence-corrected chi connectivity index (χ0v) is 12.6. The summed E-state index contributed by atoms with van der Waals surface area (Å²) >= 11 is 0.964. The van der Waals surface area contributed by atoms with Crippen LogP contribution in [-0.4, -0.2) is 4.98 Å². The number of anilines is 1. The molecule has 0 aliphatic carbocycles. The molecule has 23 heavy (non-hydrogen) atoms. The van der Waals surface area contributed by atoms with Crippen molar-refractivity contribution in [2.24, 2.45) is 0 Å². The van der Waals surface area contributed by atoms with Gasteiger partial charge in [0.1, 0.15) is 5.82 Å². The molecule has 6 heteroatoms. The molecule has 1 heterocycles. The van der Waals surface area contributed by atoms with Gasteiger partial charge in [-0.05, 0) is 41.8 Å². The lowest BCUT2D eigenvalue weighted by atomic mass is 10.2. The zero-order valence-electron chi connectivity index (χ0n) is 11.8. The summed E-state index contributed by atoms with van der Waals surface area (Å²) in [4.78, 5) is 2.99. The van der Waals surface area contributed by atoms with Gasteiger partial charge in [0, 0.05) is 5.69 Å². The first-order valence-electron chi connectivity index (χ1n) is 6.74. The van der Waals surface area contributed by atoms with Gasteiger partial charge in [-0.15, -0.1) is 0 Å². The number of hydrogen-bond acceptors (Lipinski definition) is 3. The number of hydrogen-bond donors (Lipinski definition) is 2. The van der Waals surface area contributed by atoms with Crippen LogP contribution in [0.3, 0.4) is 0 Å². The van der Waals surface area contributed by atoms with Crippen molar-refractivity contribution >= 4 is 17.6 Å². The van der Waals surface area contributed by atoms with Crippen LogP contribution in [0, 0.1) is 23.1 Å². The van der Waals surface area contributed by atoms with Crippen molar-refractivity contribution in [3.8, 4) is 17.3 Å². The van der Waals surface area contributed by atoms with Crippen LogP contribution >= 0.6 is 11.9 Å². The lowest BCUT2D eigenvalue weighted by Gasteiger charge is -2.05. The highest BCUT2D eigenvalue weighted by molar-refractivity contribution is 8.00. The Morgan fingerprint density at radius 3 is 2.52 bits per heavy atom. The van der Waals surface area contributed by atoms with E-state index in [9.17, 15) is 8.78 Å². The molecule has 2 aromatic carbocycles. The predicted molar refractivity (Wildman–Crippen MR) is 86.8 cm³/mol. The summed E-state index contributed by atoms with van der Waals surface area (Å²) in [5.74, 6) is -1.05. The van der Waals surface area contributed by atoms with Crippen LogP contribution in [0.1, 0.15) is 5.56 Å². The van der Waals surface area contributed by atoms with Gasteiger partial charge >= 0.3 is 0 Å². The van der Waals surface area contributed by atoms with Crippen LogP contribution in [0.5, 0.6) is 0 Å². The van der Waals surface area contributed by atoms with Crippen molar-refractivity contribution in [2.75, 3.05) is 4.72 Å². The average molecular weight is 327 g/mol. The van der Waals surface area contributed by atoms with Gasteiger partial charge < -0.3 is 9.71 Å². The summed E-state index contributed by atoms with van der Waals surface area (Å²) in [5.41, 5.74) is 1.93. The Morgan fingerprint density at radius 2 is 1.83 bits per heavy atom. The molecule has 3 rings (SSSR count). The van der Waals surface area contributed by atoms with E-state index in [1.54, 1.807) is 6.07 Å². The molecule has 0 amide bonds. The molecule has 0 bridgehead atoms. The Kier molecular flexibility index (Phi) is 4.31. The van der Waals surface area contributed by atoms with Crippen LogP contribution in [0.15, 0.2) is 59.5 Å². The second-order valence-electron chi connectivity index (χ2n) is 4.74. The van der Waals surface area contributed by atoms with Crippen molar-refractivity contribution in [3.63, 3.8) is 0 Å². The molecule has 1 aromatic heterocycles. The molecule has 0 unspecified atom stereocenters. The van der Waals surface area contributed by atoms with Crippen molar-refractivity contribution in [2.45, 2.75) is 4.90 Å². The summed E-state index contributed by atoms with van der Waals surface area (Å²) in [7, 11) is 0. The third kappa shape index (κ3) is 3.35. The molecule has 0 saturated carbocycles. The number of benzene rings is 2. The van der Waals surface area contributed by atoms with E-state index >= 15 is 0 Å². The van der Waals surface area contributed by atoms with Crippen LogP contribution in [0.4, 0.5) is 14.5 Å². The first-order valence-corrected chi connectivity index (χ1v) is 7.55. The zero-order chi connectivity index (χ0) is 16.2. The Morgan fingerprint density at radius 1 is 1.04 bits per heavy atom. The number of aromatic nitrogens is 1. The van der Waals surface area contributed by atoms with Gasteiger partial charge in [-0.25, -0.2) is 4.39 Å². The molecule has 2 N–H and O–H groups in total. The predicted octanol–water partition coefficient (Wildman–Crippen LogP) is 4.95. The summed E-state index contributed by atoms with van der Waals surface area (Å²) < 4.78 is 30.5. The third-order valence-electron chi connectivity index (χ3n) is 3.19. The quantitative estimate of drug-likeness (QED) is 0.667. The number of halogens is 2. The van der Waals surface area contributed by atoms with Gasteiger partial charge in [-0.2, -0.15) is 9.65 Å². The maximum Gasteiger partial charge on any atom is 0.207 e. The Hall–Kier alpha value is -2.78. The molecule has 0 aliphatic heterocycles.